The molecule has 6 atom stereocenters. The molecule has 0 aromatic carbocycles. The standard InChI is InChI=1S/C15H20O5/c1-8-9-4-6-14(2,17)10-5-7-15(3,20-18)11(10)12(9)19-13(8)16/h5,7,9-12,17-18H,1,4,6H2,2-3H3. The molecule has 0 aromatic heterocycles. The third kappa shape index (κ3) is 1.70. The molecule has 20 heavy (non-hydrogen) atoms. The maximum Gasteiger partial charge on any atom is 0.334 e. The molecular formula is C15H20O5. The molecule has 1 saturated heterocycles. The van der Waals surface area contributed by atoms with Gasteiger partial charge in [0.05, 0.1) is 5.60 Å². The van der Waals surface area contributed by atoms with Gasteiger partial charge in [0, 0.05) is 23.3 Å². The Morgan fingerprint density at radius 1 is 1.50 bits per heavy atom. The van der Waals surface area contributed by atoms with E-state index < -0.39 is 17.3 Å². The molecular weight excluding hydrogens is 260 g/mol. The van der Waals surface area contributed by atoms with Gasteiger partial charge in [0.2, 0.25) is 0 Å². The number of esters is 1. The van der Waals surface area contributed by atoms with Crippen LogP contribution in [0.3, 0.4) is 0 Å². The van der Waals surface area contributed by atoms with Crippen molar-refractivity contribution in [3.05, 3.63) is 24.3 Å². The Labute approximate surface area is 117 Å². The van der Waals surface area contributed by atoms with Crippen LogP contribution in [0.2, 0.25) is 0 Å². The highest BCUT2D eigenvalue weighted by Gasteiger charge is 2.60. The van der Waals surface area contributed by atoms with Crippen LogP contribution in [-0.2, 0) is 14.4 Å². The summed E-state index contributed by atoms with van der Waals surface area (Å²) >= 11 is 0. The lowest BCUT2D eigenvalue weighted by Crippen LogP contribution is -2.48. The highest BCUT2D eigenvalue weighted by Crippen LogP contribution is 2.53. The summed E-state index contributed by atoms with van der Waals surface area (Å²) in [7, 11) is 0. The fourth-order valence-electron chi connectivity index (χ4n) is 4.01. The van der Waals surface area contributed by atoms with Crippen LogP contribution in [-0.4, -0.2) is 33.6 Å². The summed E-state index contributed by atoms with van der Waals surface area (Å²) in [6.07, 6.45) is 4.38. The number of hydrogen-bond acceptors (Lipinski definition) is 5. The molecule has 1 aliphatic heterocycles. The first-order valence-electron chi connectivity index (χ1n) is 6.94. The molecule has 6 unspecified atom stereocenters. The first kappa shape index (κ1) is 13.8. The van der Waals surface area contributed by atoms with Crippen molar-refractivity contribution in [3.8, 4) is 0 Å². The number of fused-ring (bicyclic) bond motifs is 3. The van der Waals surface area contributed by atoms with Crippen LogP contribution in [0.1, 0.15) is 26.7 Å². The van der Waals surface area contributed by atoms with E-state index in [0.717, 1.165) is 0 Å². The summed E-state index contributed by atoms with van der Waals surface area (Å²) in [5, 5.41) is 20.0. The number of ether oxygens (including phenoxy) is 1. The average molecular weight is 280 g/mol. The molecule has 5 nitrogen and oxygen atoms in total. The van der Waals surface area contributed by atoms with Crippen LogP contribution in [0.15, 0.2) is 24.3 Å². The molecule has 0 aromatic rings. The zero-order chi connectivity index (χ0) is 14.7. The van der Waals surface area contributed by atoms with Crippen LogP contribution in [0.25, 0.3) is 0 Å². The van der Waals surface area contributed by atoms with Crippen LogP contribution >= 0.6 is 0 Å². The Morgan fingerprint density at radius 2 is 2.20 bits per heavy atom. The lowest BCUT2D eigenvalue weighted by atomic mass is 9.73. The highest BCUT2D eigenvalue weighted by atomic mass is 17.1. The summed E-state index contributed by atoms with van der Waals surface area (Å²) in [5.74, 6) is -1.06. The maximum atomic E-state index is 11.8. The third-order valence-corrected chi connectivity index (χ3v) is 5.26. The molecule has 0 spiro atoms. The van der Waals surface area contributed by atoms with E-state index in [1.165, 1.54) is 0 Å². The average Bonchev–Trinajstić information content (AvgIpc) is 2.84. The summed E-state index contributed by atoms with van der Waals surface area (Å²) in [6.45, 7) is 7.34. The van der Waals surface area contributed by atoms with Gasteiger partial charge in [0.25, 0.3) is 0 Å². The lowest BCUT2D eigenvalue weighted by molar-refractivity contribution is -0.324. The Bertz CT molecular complexity index is 494. The van der Waals surface area contributed by atoms with Crippen molar-refractivity contribution in [1.29, 1.82) is 0 Å². The van der Waals surface area contributed by atoms with Gasteiger partial charge < -0.3 is 9.84 Å². The highest BCUT2D eigenvalue weighted by molar-refractivity contribution is 5.90. The molecule has 0 amide bonds. The number of rotatable bonds is 1. The first-order valence-corrected chi connectivity index (χ1v) is 6.94. The predicted octanol–water partition coefficient (Wildman–Crippen LogP) is 1.68. The fourth-order valence-corrected chi connectivity index (χ4v) is 4.01. The second-order valence-corrected chi connectivity index (χ2v) is 6.58. The topological polar surface area (TPSA) is 76.0 Å². The first-order chi connectivity index (χ1) is 9.30. The van der Waals surface area contributed by atoms with Gasteiger partial charge in [-0.25, -0.2) is 9.68 Å². The van der Waals surface area contributed by atoms with Crippen molar-refractivity contribution in [2.24, 2.45) is 17.8 Å². The van der Waals surface area contributed by atoms with E-state index in [9.17, 15) is 15.2 Å². The quantitative estimate of drug-likeness (QED) is 0.251. The number of carbonyl (C=O) groups excluding carboxylic acids is 1. The molecule has 1 saturated carbocycles. The van der Waals surface area contributed by atoms with Crippen molar-refractivity contribution in [2.75, 3.05) is 0 Å². The fraction of sp³-hybridized carbons (Fsp3) is 0.667. The molecule has 2 fully saturated rings. The molecule has 2 aliphatic carbocycles. The van der Waals surface area contributed by atoms with Crippen molar-refractivity contribution in [2.45, 2.75) is 44.0 Å². The van der Waals surface area contributed by atoms with Crippen molar-refractivity contribution >= 4 is 5.97 Å². The third-order valence-electron chi connectivity index (χ3n) is 5.26. The molecule has 1 heterocycles. The van der Waals surface area contributed by atoms with E-state index in [1.54, 1.807) is 19.9 Å². The van der Waals surface area contributed by atoms with Gasteiger partial charge in [-0.1, -0.05) is 18.7 Å². The van der Waals surface area contributed by atoms with E-state index >= 15 is 0 Å². The molecule has 2 N–H and O–H groups in total. The van der Waals surface area contributed by atoms with E-state index in [-0.39, 0.29) is 23.7 Å². The summed E-state index contributed by atoms with van der Waals surface area (Å²) in [4.78, 5) is 16.5. The number of aliphatic hydroxyl groups is 1. The molecule has 0 radical (unpaired) electrons. The predicted molar refractivity (Wildman–Crippen MR) is 70.6 cm³/mol. The number of hydrogen-bond donors (Lipinski definition) is 2. The lowest BCUT2D eigenvalue weighted by Gasteiger charge is -2.38. The SMILES string of the molecule is C=C1C(=O)OC2C1CCC(C)(O)C1C=CC(C)(OO)C21. The molecule has 110 valence electrons. The van der Waals surface area contributed by atoms with Crippen molar-refractivity contribution in [3.63, 3.8) is 0 Å². The van der Waals surface area contributed by atoms with Crippen LogP contribution in [0.5, 0.6) is 0 Å². The zero-order valence-electron chi connectivity index (χ0n) is 11.7. The maximum absolute atomic E-state index is 11.8. The Kier molecular flexibility index (Phi) is 2.87. The van der Waals surface area contributed by atoms with Crippen LogP contribution < -0.4 is 0 Å². The largest absolute Gasteiger partial charge is 0.458 e. The molecule has 0 bridgehead atoms. The van der Waals surface area contributed by atoms with E-state index in [1.807, 2.05) is 6.08 Å². The van der Waals surface area contributed by atoms with E-state index in [4.69, 9.17) is 4.74 Å². The van der Waals surface area contributed by atoms with Gasteiger partial charge in [-0.15, -0.1) is 0 Å². The summed E-state index contributed by atoms with van der Waals surface area (Å²) in [5.41, 5.74) is -1.43. The van der Waals surface area contributed by atoms with Gasteiger partial charge >= 0.3 is 5.97 Å². The van der Waals surface area contributed by atoms with Crippen molar-refractivity contribution < 1.29 is 24.8 Å². The smallest absolute Gasteiger partial charge is 0.334 e. The van der Waals surface area contributed by atoms with Gasteiger partial charge in [0.15, 0.2) is 0 Å². The molecule has 3 rings (SSSR count). The van der Waals surface area contributed by atoms with Gasteiger partial charge in [-0.3, -0.25) is 5.26 Å². The molecule has 3 aliphatic rings. The van der Waals surface area contributed by atoms with Crippen LogP contribution in [0, 0.1) is 17.8 Å². The normalized spacial score (nSPS) is 50.6. The second kappa shape index (κ2) is 4.16. The number of carbonyl (C=O) groups is 1. The molecule has 5 heteroatoms. The van der Waals surface area contributed by atoms with E-state index in [2.05, 4.69) is 11.5 Å². The van der Waals surface area contributed by atoms with Crippen molar-refractivity contribution in [1.82, 2.24) is 0 Å². The zero-order valence-corrected chi connectivity index (χ0v) is 11.7. The second-order valence-electron chi connectivity index (χ2n) is 6.58. The van der Waals surface area contributed by atoms with Gasteiger partial charge in [-0.05, 0) is 26.7 Å². The Balaban J connectivity index is 2.06. The summed E-state index contributed by atoms with van der Waals surface area (Å²) in [6, 6.07) is 0. The Morgan fingerprint density at radius 3 is 2.85 bits per heavy atom. The van der Waals surface area contributed by atoms with E-state index in [0.29, 0.717) is 18.4 Å². The van der Waals surface area contributed by atoms with Gasteiger partial charge in [-0.2, -0.15) is 0 Å². The minimum atomic E-state index is -0.965. The van der Waals surface area contributed by atoms with Crippen LogP contribution in [0.4, 0.5) is 0 Å². The minimum Gasteiger partial charge on any atom is -0.458 e. The Hall–Kier alpha value is -1.17. The van der Waals surface area contributed by atoms with Gasteiger partial charge in [0.1, 0.15) is 11.7 Å². The monoisotopic (exact) mass is 280 g/mol. The summed E-state index contributed by atoms with van der Waals surface area (Å²) < 4.78 is 5.48. The minimum absolute atomic E-state index is 0.127.